The molecule has 0 radical (unpaired) electrons. The molecule has 6 heteroatoms. The third-order valence-corrected chi connectivity index (χ3v) is 6.98. The van der Waals surface area contributed by atoms with Gasteiger partial charge in [-0.05, 0) is 61.6 Å². The van der Waals surface area contributed by atoms with Crippen LogP contribution in [-0.4, -0.2) is 58.4 Å². The second kappa shape index (κ2) is 9.77. The maximum absolute atomic E-state index is 13.0. The fourth-order valence-corrected chi connectivity index (χ4v) is 5.38. The Morgan fingerprint density at radius 3 is 2.84 bits per heavy atom. The van der Waals surface area contributed by atoms with E-state index in [1.165, 1.54) is 11.1 Å². The Bertz CT molecular complexity index is 887. The van der Waals surface area contributed by atoms with Gasteiger partial charge in [0.2, 0.25) is 11.9 Å². The van der Waals surface area contributed by atoms with Crippen molar-refractivity contribution in [2.75, 3.05) is 32.4 Å². The van der Waals surface area contributed by atoms with E-state index in [0.29, 0.717) is 30.2 Å². The molecule has 0 unspecified atom stereocenters. The van der Waals surface area contributed by atoms with Crippen LogP contribution in [0.4, 0.5) is 5.95 Å². The number of amides is 1. The first-order chi connectivity index (χ1) is 15.0. The molecule has 6 nitrogen and oxygen atoms in total. The van der Waals surface area contributed by atoms with Crippen LogP contribution in [0.25, 0.3) is 0 Å². The van der Waals surface area contributed by atoms with E-state index in [-0.39, 0.29) is 5.91 Å². The smallest absolute Gasteiger partial charge is 0.222 e. The Morgan fingerprint density at radius 1 is 1.26 bits per heavy atom. The summed E-state index contributed by atoms with van der Waals surface area (Å²) < 4.78 is 0. The molecule has 1 aromatic carbocycles. The van der Waals surface area contributed by atoms with Gasteiger partial charge in [-0.15, -0.1) is 0 Å². The van der Waals surface area contributed by atoms with Gasteiger partial charge in [0, 0.05) is 44.5 Å². The van der Waals surface area contributed by atoms with Crippen molar-refractivity contribution in [2.24, 2.45) is 11.8 Å². The summed E-state index contributed by atoms with van der Waals surface area (Å²) >= 11 is 0. The van der Waals surface area contributed by atoms with Gasteiger partial charge in [-0.1, -0.05) is 37.3 Å². The fraction of sp³-hybridized carbons (Fsp3) is 0.560. The number of benzene rings is 1. The lowest BCUT2D eigenvalue weighted by atomic mass is 9.73. The summed E-state index contributed by atoms with van der Waals surface area (Å²) in [4.78, 5) is 26.2. The number of likely N-dealkylation sites (N-methyl/N-ethyl adjacent to an activating group) is 1. The van der Waals surface area contributed by atoms with E-state index >= 15 is 0 Å². The van der Waals surface area contributed by atoms with Gasteiger partial charge in [-0.25, -0.2) is 9.97 Å². The second-order valence-corrected chi connectivity index (χ2v) is 9.29. The predicted octanol–water partition coefficient (Wildman–Crippen LogP) is 2.97. The second-order valence-electron chi connectivity index (χ2n) is 9.29. The number of nitrogens with zero attached hydrogens (tertiary/aromatic N) is 4. The van der Waals surface area contributed by atoms with Crippen LogP contribution in [-0.2, 0) is 24.1 Å². The molecule has 2 aromatic rings. The average molecular weight is 422 g/mol. The molecule has 0 bridgehead atoms. The van der Waals surface area contributed by atoms with Crippen molar-refractivity contribution in [2.45, 2.75) is 51.5 Å². The summed E-state index contributed by atoms with van der Waals surface area (Å²) in [6.07, 6.45) is 7.61. The van der Waals surface area contributed by atoms with Gasteiger partial charge in [0.15, 0.2) is 0 Å². The molecule has 1 aliphatic heterocycles. The summed E-state index contributed by atoms with van der Waals surface area (Å²) in [5.41, 5.74) is 9.47. The number of hydrogen-bond acceptors (Lipinski definition) is 5. The third kappa shape index (κ3) is 5.24. The molecule has 31 heavy (non-hydrogen) atoms. The van der Waals surface area contributed by atoms with Crippen molar-refractivity contribution in [1.29, 1.82) is 0 Å². The first-order valence-electron chi connectivity index (χ1n) is 11.7. The molecule has 1 fully saturated rings. The lowest BCUT2D eigenvalue weighted by Crippen LogP contribution is -2.53. The van der Waals surface area contributed by atoms with Crippen LogP contribution in [0.1, 0.15) is 43.0 Å². The van der Waals surface area contributed by atoms with Crippen LogP contribution in [0.5, 0.6) is 0 Å². The molecule has 2 heterocycles. The van der Waals surface area contributed by atoms with E-state index in [0.717, 1.165) is 57.4 Å². The number of likely N-dealkylation sites (tertiary alicyclic amines) is 1. The van der Waals surface area contributed by atoms with Crippen molar-refractivity contribution in [3.63, 3.8) is 0 Å². The first kappa shape index (κ1) is 21.8. The summed E-state index contributed by atoms with van der Waals surface area (Å²) in [5, 5.41) is 0. The van der Waals surface area contributed by atoms with Gasteiger partial charge < -0.3 is 10.6 Å². The third-order valence-electron chi connectivity index (χ3n) is 6.98. The van der Waals surface area contributed by atoms with E-state index < -0.39 is 0 Å². The largest absolute Gasteiger partial charge is 0.368 e. The normalized spacial score (nSPS) is 23.1. The molecule has 0 saturated carbocycles. The first-order valence-corrected chi connectivity index (χ1v) is 11.7. The lowest BCUT2D eigenvalue weighted by molar-refractivity contribution is -0.131. The SMILES string of the molecule is CCCN1C[C@@H](CC(=O)N(C)CCc2ccccc2)C[C@@H]2Cc3nc(N)ncc3C[C@H]21. The van der Waals surface area contributed by atoms with Gasteiger partial charge in [-0.3, -0.25) is 9.69 Å². The molecule has 2 aliphatic rings. The molecule has 166 valence electrons. The number of carbonyl (C=O) groups is 1. The minimum absolute atomic E-state index is 0.263. The Morgan fingerprint density at radius 2 is 2.06 bits per heavy atom. The predicted molar refractivity (Wildman–Crippen MR) is 124 cm³/mol. The summed E-state index contributed by atoms with van der Waals surface area (Å²) in [7, 11) is 1.94. The number of rotatable bonds is 7. The minimum Gasteiger partial charge on any atom is -0.368 e. The van der Waals surface area contributed by atoms with E-state index in [4.69, 9.17) is 5.73 Å². The van der Waals surface area contributed by atoms with Crippen LogP contribution in [0.3, 0.4) is 0 Å². The van der Waals surface area contributed by atoms with Crippen molar-refractivity contribution in [1.82, 2.24) is 19.8 Å². The van der Waals surface area contributed by atoms with Crippen LogP contribution in [0.2, 0.25) is 0 Å². The highest BCUT2D eigenvalue weighted by Gasteiger charge is 2.40. The maximum atomic E-state index is 13.0. The average Bonchev–Trinajstić information content (AvgIpc) is 2.77. The quantitative estimate of drug-likeness (QED) is 0.744. The van der Waals surface area contributed by atoms with Crippen molar-refractivity contribution in [3.8, 4) is 0 Å². The molecule has 1 aliphatic carbocycles. The summed E-state index contributed by atoms with van der Waals surface area (Å²) in [5.74, 6) is 1.57. The van der Waals surface area contributed by atoms with Gasteiger partial charge >= 0.3 is 0 Å². The highest BCUT2D eigenvalue weighted by Crippen LogP contribution is 2.37. The summed E-state index contributed by atoms with van der Waals surface area (Å²) in [6.45, 7) is 5.10. The maximum Gasteiger partial charge on any atom is 0.222 e. The summed E-state index contributed by atoms with van der Waals surface area (Å²) in [6, 6.07) is 10.9. The number of aromatic nitrogens is 2. The van der Waals surface area contributed by atoms with Crippen molar-refractivity contribution in [3.05, 3.63) is 53.3 Å². The molecule has 1 aromatic heterocycles. The molecule has 1 saturated heterocycles. The zero-order valence-corrected chi connectivity index (χ0v) is 18.8. The van der Waals surface area contributed by atoms with E-state index in [2.05, 4.69) is 46.1 Å². The number of hydrogen-bond donors (Lipinski definition) is 1. The van der Waals surface area contributed by atoms with E-state index in [9.17, 15) is 4.79 Å². The molecular formula is C25H35N5O. The highest BCUT2D eigenvalue weighted by atomic mass is 16.2. The van der Waals surface area contributed by atoms with Crippen LogP contribution < -0.4 is 5.73 Å². The number of anilines is 1. The highest BCUT2D eigenvalue weighted by molar-refractivity contribution is 5.76. The number of fused-ring (bicyclic) bond motifs is 2. The zero-order chi connectivity index (χ0) is 21.8. The molecular weight excluding hydrogens is 386 g/mol. The Kier molecular flexibility index (Phi) is 6.86. The number of piperidine rings is 1. The zero-order valence-electron chi connectivity index (χ0n) is 18.8. The Hall–Kier alpha value is -2.47. The van der Waals surface area contributed by atoms with E-state index in [1.807, 2.05) is 24.2 Å². The molecule has 1 amide bonds. The number of nitrogen functional groups attached to an aromatic ring is 1. The topological polar surface area (TPSA) is 75.4 Å². The van der Waals surface area contributed by atoms with Gasteiger partial charge in [-0.2, -0.15) is 0 Å². The van der Waals surface area contributed by atoms with Crippen molar-refractivity contribution >= 4 is 11.9 Å². The Labute approximate surface area is 185 Å². The number of carbonyl (C=O) groups excluding carboxylic acids is 1. The monoisotopic (exact) mass is 421 g/mol. The van der Waals surface area contributed by atoms with Crippen molar-refractivity contribution < 1.29 is 4.79 Å². The molecule has 4 rings (SSSR count). The Balaban J connectivity index is 1.38. The molecule has 3 atom stereocenters. The van der Waals surface area contributed by atoms with E-state index in [1.54, 1.807) is 0 Å². The van der Waals surface area contributed by atoms with Gasteiger partial charge in [0.1, 0.15) is 0 Å². The van der Waals surface area contributed by atoms with Crippen LogP contribution in [0.15, 0.2) is 36.5 Å². The lowest BCUT2D eigenvalue weighted by Gasteiger charge is -2.47. The van der Waals surface area contributed by atoms with Crippen LogP contribution in [0, 0.1) is 11.8 Å². The standard InChI is InChI=1S/C25H35N5O/c1-3-10-30-17-19(13-24(31)29(2)11-9-18-7-5-4-6-8-18)12-20-14-22-21(15-23(20)30)16-27-25(26)28-22/h4-8,16,19-20,23H,3,9-15,17H2,1-2H3,(H2,26,27,28)/t19-,20-,23-/m1/s1. The van der Waals surface area contributed by atoms with Gasteiger partial charge in [0.25, 0.3) is 0 Å². The minimum atomic E-state index is 0.263. The molecule has 0 spiro atoms. The number of nitrogens with two attached hydrogens (primary N) is 1. The fourth-order valence-electron chi connectivity index (χ4n) is 5.38. The van der Waals surface area contributed by atoms with Gasteiger partial charge in [0.05, 0.1) is 0 Å². The molecule has 2 N–H and O–H groups in total. The van der Waals surface area contributed by atoms with Crippen LogP contribution >= 0.6 is 0 Å².